The zero-order valence-corrected chi connectivity index (χ0v) is 28.3. The molecule has 1 heterocycles. The van der Waals surface area contributed by atoms with Crippen molar-refractivity contribution in [2.24, 2.45) is 28.4 Å². The average molecular weight is 643 g/mol. The van der Waals surface area contributed by atoms with Gasteiger partial charge in [0.2, 0.25) is 28.5 Å². The van der Waals surface area contributed by atoms with Crippen LogP contribution in [0.2, 0.25) is 0 Å². The van der Waals surface area contributed by atoms with Gasteiger partial charge in [0, 0.05) is 18.7 Å². The van der Waals surface area contributed by atoms with E-state index < -0.39 is 75.4 Å². The molecule has 2 aliphatic carbocycles. The summed E-state index contributed by atoms with van der Waals surface area (Å²) in [4.78, 5) is 90.4. The molecule has 1 aromatic carbocycles. The lowest BCUT2D eigenvalue weighted by molar-refractivity contribution is -0.144. The number of nitrogens with one attached hydrogen (secondary N) is 4. The number of nitrogens with two attached hydrogens (primary N) is 1. The number of carbonyl (C=O) groups excluding carboxylic acids is 5. The van der Waals surface area contributed by atoms with Crippen LogP contribution in [0.15, 0.2) is 9.59 Å². The second-order valence-electron chi connectivity index (χ2n) is 16.1. The van der Waals surface area contributed by atoms with E-state index in [0.717, 1.165) is 19.3 Å². The van der Waals surface area contributed by atoms with E-state index in [1.54, 1.807) is 0 Å². The summed E-state index contributed by atoms with van der Waals surface area (Å²) in [7, 11) is 0. The molecule has 1 aliphatic heterocycles. The van der Waals surface area contributed by atoms with E-state index in [9.17, 15) is 33.6 Å². The number of likely N-dealkylation sites (tertiary alicyclic amines) is 1. The van der Waals surface area contributed by atoms with Crippen molar-refractivity contribution < 1.29 is 24.0 Å². The van der Waals surface area contributed by atoms with Crippen molar-refractivity contribution in [1.82, 2.24) is 20.9 Å². The number of primary amides is 1. The van der Waals surface area contributed by atoms with E-state index in [1.165, 1.54) is 4.90 Å². The molecule has 3 fully saturated rings. The summed E-state index contributed by atoms with van der Waals surface area (Å²) < 4.78 is 0. The second-order valence-corrected chi connectivity index (χ2v) is 16.1. The number of rotatable bonds is 10. The molecule has 0 aromatic heterocycles. The first-order valence-electron chi connectivity index (χ1n) is 16.2. The highest BCUT2D eigenvalue weighted by molar-refractivity contribution is 6.36. The number of nitrogens with zero attached hydrogens (tertiary/aromatic N) is 1. The molecule has 0 unspecified atom stereocenters. The minimum absolute atomic E-state index is 0.0680. The Balaban J connectivity index is 1.51. The van der Waals surface area contributed by atoms with Crippen LogP contribution in [0.5, 0.6) is 0 Å². The van der Waals surface area contributed by atoms with Gasteiger partial charge in [-0.15, -0.1) is 0 Å². The Morgan fingerprint density at radius 1 is 0.957 bits per heavy atom. The highest BCUT2D eigenvalue weighted by atomic mass is 16.2. The first-order valence-corrected chi connectivity index (χ1v) is 16.2. The van der Waals surface area contributed by atoms with Crippen molar-refractivity contribution in [2.75, 3.05) is 25.0 Å². The molecule has 0 spiro atoms. The smallest absolute Gasteiger partial charge is 0.315 e. The molecular formula is C33H50N6O7. The fraction of sp³-hybridized carbons (Fsp3) is 0.727. The summed E-state index contributed by atoms with van der Waals surface area (Å²) in [5, 5.41) is 11.7. The van der Waals surface area contributed by atoms with Gasteiger partial charge in [-0.25, -0.2) is 4.79 Å². The zero-order valence-electron chi connectivity index (χ0n) is 28.3. The van der Waals surface area contributed by atoms with Crippen LogP contribution in [0.4, 0.5) is 10.5 Å². The summed E-state index contributed by atoms with van der Waals surface area (Å²) in [5.41, 5.74) is 2.61. The summed E-state index contributed by atoms with van der Waals surface area (Å²) in [6, 6.07) is -2.41. The van der Waals surface area contributed by atoms with E-state index >= 15 is 0 Å². The Hall–Kier alpha value is -3.77. The van der Waals surface area contributed by atoms with Gasteiger partial charge in [-0.2, -0.15) is 0 Å². The van der Waals surface area contributed by atoms with E-state index in [0.29, 0.717) is 30.6 Å². The monoisotopic (exact) mass is 642 g/mol. The Morgan fingerprint density at radius 2 is 1.57 bits per heavy atom. The number of ketones is 1. The molecule has 6 N–H and O–H groups in total. The van der Waals surface area contributed by atoms with Crippen LogP contribution in [-0.4, -0.2) is 71.7 Å². The van der Waals surface area contributed by atoms with Gasteiger partial charge in [-0.1, -0.05) is 74.7 Å². The second kappa shape index (κ2) is 12.1. The van der Waals surface area contributed by atoms with Crippen LogP contribution in [-0.2, 0) is 24.6 Å². The molecule has 2 saturated carbocycles. The van der Waals surface area contributed by atoms with Gasteiger partial charge < -0.3 is 31.9 Å². The third-order valence-electron chi connectivity index (χ3n) is 10.3. The van der Waals surface area contributed by atoms with E-state index in [-0.39, 0.29) is 23.8 Å². The molecular weight excluding hydrogens is 592 g/mol. The molecule has 13 heteroatoms. The molecule has 254 valence electrons. The highest BCUT2D eigenvalue weighted by Gasteiger charge is 2.69. The standard InChI is InChI=1S/C33H50N6O7/c1-30(2,3)20-21(24(42)23(20)41)36-16-33(12-10-9-11-13-33)38-29(46)37-25(31(4,5)6)28(45)39-15-17-19(32(17,7)8)22(39)27(44)35-14-18(40)26(34)43/h17,19,22,25,36H,9-16H2,1-8H3,(H2,34,43)(H,35,44)(H2,37,38,46)/t17-,19-,22-,25+/m0/s1. The molecule has 3 aliphatic rings. The van der Waals surface area contributed by atoms with Crippen molar-refractivity contribution in [3.05, 3.63) is 26.0 Å². The van der Waals surface area contributed by atoms with Gasteiger partial charge in [0.1, 0.15) is 12.1 Å². The van der Waals surface area contributed by atoms with Gasteiger partial charge in [0.15, 0.2) is 0 Å². The summed E-state index contributed by atoms with van der Waals surface area (Å²) in [5.74, 6) is -3.12. The van der Waals surface area contributed by atoms with Gasteiger partial charge in [0.05, 0.1) is 17.8 Å². The maximum atomic E-state index is 14.2. The lowest BCUT2D eigenvalue weighted by Gasteiger charge is -2.41. The Kier molecular flexibility index (Phi) is 9.24. The predicted molar refractivity (Wildman–Crippen MR) is 173 cm³/mol. The Labute approximate surface area is 269 Å². The minimum atomic E-state index is -1.16. The van der Waals surface area contributed by atoms with Crippen molar-refractivity contribution in [3.8, 4) is 0 Å². The molecule has 5 amide bonds. The van der Waals surface area contributed by atoms with Crippen molar-refractivity contribution in [3.63, 3.8) is 0 Å². The number of amides is 5. The first kappa shape index (κ1) is 35.1. The Bertz CT molecular complexity index is 1490. The predicted octanol–water partition coefficient (Wildman–Crippen LogP) is 1.06. The third kappa shape index (κ3) is 6.69. The number of Topliss-reactive ketones (excluding diaryl/α,β-unsaturated/α-hetero) is 1. The van der Waals surface area contributed by atoms with Crippen LogP contribution in [0, 0.1) is 22.7 Å². The van der Waals surface area contributed by atoms with Crippen molar-refractivity contribution in [2.45, 2.75) is 111 Å². The number of hydrogen-bond donors (Lipinski definition) is 5. The van der Waals surface area contributed by atoms with E-state index in [1.807, 2.05) is 55.4 Å². The Morgan fingerprint density at radius 3 is 2.11 bits per heavy atom. The number of anilines is 1. The van der Waals surface area contributed by atoms with Crippen LogP contribution in [0.3, 0.4) is 0 Å². The lowest BCUT2D eigenvalue weighted by atomic mass is 9.80. The maximum Gasteiger partial charge on any atom is 0.315 e. The van der Waals surface area contributed by atoms with Crippen LogP contribution >= 0.6 is 0 Å². The van der Waals surface area contributed by atoms with Gasteiger partial charge in [0.25, 0.3) is 5.91 Å². The quantitative estimate of drug-likeness (QED) is 0.234. The molecule has 13 nitrogen and oxygen atoms in total. The summed E-state index contributed by atoms with van der Waals surface area (Å²) in [6.07, 6.45) is 4.03. The number of hydrogen-bond acceptors (Lipinski definition) is 8. The molecule has 4 atom stereocenters. The third-order valence-corrected chi connectivity index (χ3v) is 10.3. The number of piperidine rings is 1. The largest absolute Gasteiger partial charge is 0.379 e. The first-order chi connectivity index (χ1) is 21.1. The minimum Gasteiger partial charge on any atom is -0.379 e. The zero-order chi connectivity index (χ0) is 34.6. The number of urea groups is 1. The molecule has 0 bridgehead atoms. The highest BCUT2D eigenvalue weighted by Crippen LogP contribution is 2.65. The fourth-order valence-electron chi connectivity index (χ4n) is 7.50. The molecule has 4 rings (SSSR count). The molecule has 46 heavy (non-hydrogen) atoms. The summed E-state index contributed by atoms with van der Waals surface area (Å²) in [6.45, 7) is 15.2. The van der Waals surface area contributed by atoms with Crippen LogP contribution in [0.1, 0.15) is 93.1 Å². The van der Waals surface area contributed by atoms with Gasteiger partial charge in [-0.3, -0.25) is 28.8 Å². The van der Waals surface area contributed by atoms with Crippen molar-refractivity contribution >= 4 is 35.2 Å². The summed E-state index contributed by atoms with van der Waals surface area (Å²) >= 11 is 0. The number of fused-ring (bicyclic) bond motifs is 1. The van der Waals surface area contributed by atoms with Crippen LogP contribution < -0.4 is 37.9 Å². The molecule has 1 saturated heterocycles. The fourth-order valence-corrected chi connectivity index (χ4v) is 7.50. The molecule has 1 aromatic rings. The number of carbonyl (C=O) groups is 5. The lowest BCUT2D eigenvalue weighted by Crippen LogP contribution is -2.63. The van der Waals surface area contributed by atoms with Crippen LogP contribution in [0.25, 0.3) is 0 Å². The maximum absolute atomic E-state index is 14.2. The van der Waals surface area contributed by atoms with Gasteiger partial charge >= 0.3 is 6.03 Å². The van der Waals surface area contributed by atoms with E-state index in [2.05, 4.69) is 21.3 Å². The molecule has 0 radical (unpaired) electrons. The van der Waals surface area contributed by atoms with Gasteiger partial charge in [-0.05, 0) is 40.9 Å². The SMILES string of the molecule is CC(C)(C)c1c(NCC2(NC(=O)N[C@H](C(=O)N3C[C@H]4[C@@H]([C@H]3C(=O)NCC(=O)C(N)=O)C4(C)C)C(C)(C)C)CCCCC2)c(=O)c1=O. The van der Waals surface area contributed by atoms with E-state index in [4.69, 9.17) is 5.73 Å². The normalized spacial score (nSPS) is 24.0. The topological polar surface area (TPSA) is 197 Å². The van der Waals surface area contributed by atoms with Crippen molar-refractivity contribution in [1.29, 1.82) is 0 Å². The average Bonchev–Trinajstić information content (AvgIpc) is 3.26.